The van der Waals surface area contributed by atoms with Gasteiger partial charge in [0, 0.05) is 11.6 Å². The van der Waals surface area contributed by atoms with Crippen LogP contribution in [0.1, 0.15) is 5.89 Å². The Morgan fingerprint density at radius 3 is 2.92 bits per heavy atom. The number of hydrogen-bond donors (Lipinski definition) is 0. The van der Waals surface area contributed by atoms with E-state index in [2.05, 4.69) is 10.1 Å². The lowest BCUT2D eigenvalue weighted by Crippen LogP contribution is -1.96. The number of fused-ring (bicyclic) bond motifs is 1. The molecule has 0 radical (unpaired) electrons. The van der Waals surface area contributed by atoms with Crippen molar-refractivity contribution >= 4 is 5.69 Å². The zero-order valence-corrected chi connectivity index (χ0v) is 12.7. The van der Waals surface area contributed by atoms with Gasteiger partial charge in [-0.05, 0) is 24.3 Å². The highest BCUT2D eigenvalue weighted by molar-refractivity contribution is 5.61. The topological polar surface area (TPSA) is 110 Å². The van der Waals surface area contributed by atoms with Gasteiger partial charge in [0.25, 0.3) is 11.6 Å². The van der Waals surface area contributed by atoms with Crippen molar-refractivity contribution in [1.82, 2.24) is 10.1 Å². The fraction of sp³-hybridized carbons (Fsp3) is 0.125. The van der Waals surface area contributed by atoms with Gasteiger partial charge in [-0.2, -0.15) is 4.98 Å². The molecule has 0 amide bonds. The van der Waals surface area contributed by atoms with E-state index in [1.807, 2.05) is 0 Å². The largest absolute Gasteiger partial charge is 0.484 e. The normalized spacial score (nSPS) is 12.2. The molecular formula is C16H11N3O6. The summed E-state index contributed by atoms with van der Waals surface area (Å²) in [5.41, 5.74) is 0.665. The molecular weight excluding hydrogens is 330 g/mol. The number of rotatable bonds is 5. The molecule has 0 unspecified atom stereocenters. The first kappa shape index (κ1) is 14.9. The number of aromatic nitrogens is 2. The molecule has 1 aromatic heterocycles. The second-order valence-corrected chi connectivity index (χ2v) is 5.12. The van der Waals surface area contributed by atoms with E-state index < -0.39 is 4.92 Å². The predicted octanol–water partition coefficient (Wildman–Crippen LogP) is 2.95. The third-order valence-electron chi connectivity index (χ3n) is 3.49. The van der Waals surface area contributed by atoms with Gasteiger partial charge in [0.2, 0.25) is 12.6 Å². The van der Waals surface area contributed by atoms with Gasteiger partial charge >= 0.3 is 0 Å². The molecule has 0 spiro atoms. The maximum Gasteiger partial charge on any atom is 0.273 e. The number of benzene rings is 2. The fourth-order valence-electron chi connectivity index (χ4n) is 2.30. The summed E-state index contributed by atoms with van der Waals surface area (Å²) in [5, 5.41) is 14.7. The third-order valence-corrected chi connectivity index (χ3v) is 3.49. The van der Waals surface area contributed by atoms with Crippen LogP contribution in [0.4, 0.5) is 5.69 Å². The van der Waals surface area contributed by atoms with E-state index in [1.165, 1.54) is 12.1 Å². The van der Waals surface area contributed by atoms with Crippen molar-refractivity contribution in [3.63, 3.8) is 0 Å². The lowest BCUT2D eigenvalue weighted by molar-refractivity contribution is -0.384. The van der Waals surface area contributed by atoms with Gasteiger partial charge in [0.1, 0.15) is 5.75 Å². The minimum atomic E-state index is -0.489. The molecule has 9 nitrogen and oxygen atoms in total. The van der Waals surface area contributed by atoms with Crippen LogP contribution in [-0.4, -0.2) is 21.9 Å². The first-order chi connectivity index (χ1) is 12.2. The molecule has 0 N–H and O–H groups in total. The summed E-state index contributed by atoms with van der Waals surface area (Å²) in [6.45, 7) is 0.187. The maximum absolute atomic E-state index is 10.8. The van der Waals surface area contributed by atoms with Gasteiger partial charge in [-0.15, -0.1) is 0 Å². The lowest BCUT2D eigenvalue weighted by atomic mass is 10.2. The minimum absolute atomic E-state index is 0.00127. The van der Waals surface area contributed by atoms with Gasteiger partial charge in [-0.1, -0.05) is 11.2 Å². The lowest BCUT2D eigenvalue weighted by Gasteiger charge is -2.02. The van der Waals surface area contributed by atoms with Crippen LogP contribution in [0, 0.1) is 10.1 Å². The Morgan fingerprint density at radius 2 is 2.04 bits per heavy atom. The van der Waals surface area contributed by atoms with Crippen molar-refractivity contribution in [3.8, 4) is 28.6 Å². The standard InChI is InChI=1S/C16H11N3O6/c20-19(21)11-2-1-3-12(7-11)22-8-15-17-16(18-25-15)10-4-5-13-14(6-10)24-9-23-13/h1-7H,8-9H2. The molecule has 0 saturated carbocycles. The Hall–Kier alpha value is -3.62. The van der Waals surface area contributed by atoms with Crippen LogP contribution in [0.25, 0.3) is 11.4 Å². The molecule has 0 atom stereocenters. The summed E-state index contributed by atoms with van der Waals surface area (Å²) in [5.74, 6) is 2.27. The second-order valence-electron chi connectivity index (χ2n) is 5.12. The smallest absolute Gasteiger partial charge is 0.273 e. The van der Waals surface area contributed by atoms with Gasteiger partial charge in [-0.25, -0.2) is 0 Å². The molecule has 0 saturated heterocycles. The van der Waals surface area contributed by atoms with E-state index in [4.69, 9.17) is 18.7 Å². The Balaban J connectivity index is 1.47. The average molecular weight is 341 g/mol. The summed E-state index contributed by atoms with van der Waals surface area (Å²) < 4.78 is 21.2. The van der Waals surface area contributed by atoms with Crippen LogP contribution >= 0.6 is 0 Å². The molecule has 4 rings (SSSR count). The number of ether oxygens (including phenoxy) is 3. The van der Waals surface area contributed by atoms with Crippen molar-refractivity contribution in [2.45, 2.75) is 6.61 Å². The molecule has 1 aliphatic heterocycles. The van der Waals surface area contributed by atoms with E-state index in [1.54, 1.807) is 30.3 Å². The Labute approximate surface area is 140 Å². The van der Waals surface area contributed by atoms with Gasteiger partial charge in [0.15, 0.2) is 18.1 Å². The third kappa shape index (κ3) is 3.07. The van der Waals surface area contributed by atoms with Crippen LogP contribution in [0.5, 0.6) is 17.2 Å². The van der Waals surface area contributed by atoms with Crippen LogP contribution in [-0.2, 0) is 6.61 Å². The highest BCUT2D eigenvalue weighted by atomic mass is 16.7. The molecule has 3 aromatic rings. The van der Waals surface area contributed by atoms with Gasteiger partial charge < -0.3 is 18.7 Å². The summed E-state index contributed by atoms with van der Waals surface area (Å²) >= 11 is 0. The summed E-state index contributed by atoms with van der Waals surface area (Å²) in [4.78, 5) is 14.5. The quantitative estimate of drug-likeness (QED) is 0.514. The first-order valence-electron chi connectivity index (χ1n) is 7.29. The van der Waals surface area contributed by atoms with E-state index in [9.17, 15) is 10.1 Å². The van der Waals surface area contributed by atoms with E-state index in [0.717, 1.165) is 5.56 Å². The van der Waals surface area contributed by atoms with Crippen LogP contribution in [0.15, 0.2) is 47.0 Å². The van der Waals surface area contributed by atoms with Crippen LogP contribution < -0.4 is 14.2 Å². The molecule has 9 heteroatoms. The number of nitro benzene ring substituents is 1. The molecule has 0 aliphatic carbocycles. The summed E-state index contributed by atoms with van der Waals surface area (Å²) in [6, 6.07) is 11.2. The minimum Gasteiger partial charge on any atom is -0.484 e. The molecule has 0 fully saturated rings. The number of nitrogens with zero attached hydrogens (tertiary/aromatic N) is 3. The van der Waals surface area contributed by atoms with Crippen molar-refractivity contribution in [2.24, 2.45) is 0 Å². The Kier molecular flexibility index (Phi) is 3.65. The van der Waals surface area contributed by atoms with Crippen molar-refractivity contribution in [3.05, 3.63) is 58.5 Å². The fourth-order valence-corrected chi connectivity index (χ4v) is 2.30. The average Bonchev–Trinajstić information content (AvgIpc) is 3.28. The highest BCUT2D eigenvalue weighted by Crippen LogP contribution is 2.35. The van der Waals surface area contributed by atoms with Crippen molar-refractivity contribution < 1.29 is 23.7 Å². The predicted molar refractivity (Wildman–Crippen MR) is 83.3 cm³/mol. The van der Waals surface area contributed by atoms with Gasteiger partial charge in [0.05, 0.1) is 11.0 Å². The first-order valence-corrected chi connectivity index (χ1v) is 7.29. The monoisotopic (exact) mass is 341 g/mol. The zero-order chi connectivity index (χ0) is 17.2. The molecule has 126 valence electrons. The molecule has 2 heterocycles. The van der Waals surface area contributed by atoms with E-state index >= 15 is 0 Å². The maximum atomic E-state index is 10.8. The molecule has 1 aliphatic rings. The highest BCUT2D eigenvalue weighted by Gasteiger charge is 2.17. The molecule has 0 bridgehead atoms. The summed E-state index contributed by atoms with van der Waals surface area (Å²) in [6.07, 6.45) is 0. The van der Waals surface area contributed by atoms with Crippen molar-refractivity contribution in [2.75, 3.05) is 6.79 Å². The van der Waals surface area contributed by atoms with Crippen LogP contribution in [0.3, 0.4) is 0 Å². The Morgan fingerprint density at radius 1 is 1.16 bits per heavy atom. The zero-order valence-electron chi connectivity index (χ0n) is 12.7. The van der Waals surface area contributed by atoms with Gasteiger partial charge in [-0.3, -0.25) is 10.1 Å². The molecule has 2 aromatic carbocycles. The summed E-state index contributed by atoms with van der Waals surface area (Å²) in [7, 11) is 0. The van der Waals surface area contributed by atoms with E-state index in [0.29, 0.717) is 23.1 Å². The SMILES string of the molecule is O=[N+]([O-])c1cccc(OCc2nc(-c3ccc4c(c3)OCO4)no2)c1. The van der Waals surface area contributed by atoms with Crippen LogP contribution in [0.2, 0.25) is 0 Å². The number of hydrogen-bond acceptors (Lipinski definition) is 8. The van der Waals surface area contributed by atoms with E-state index in [-0.39, 0.29) is 25.0 Å². The molecule has 25 heavy (non-hydrogen) atoms. The van der Waals surface area contributed by atoms with Crippen molar-refractivity contribution in [1.29, 1.82) is 0 Å². The Bertz CT molecular complexity index is 939. The second kappa shape index (κ2) is 6.11. The number of nitro groups is 1. The number of non-ortho nitro benzene ring substituents is 1.